The van der Waals surface area contributed by atoms with Gasteiger partial charge in [-0.3, -0.25) is 0 Å². The van der Waals surface area contributed by atoms with Crippen LogP contribution in [0.15, 0.2) is 60.7 Å². The van der Waals surface area contributed by atoms with Gasteiger partial charge in [0.1, 0.15) is 58.2 Å². The molecule has 0 aliphatic carbocycles. The molecule has 0 nitrogen and oxygen atoms in total. The van der Waals surface area contributed by atoms with Gasteiger partial charge in [-0.1, -0.05) is 95.2 Å². The molecule has 0 aliphatic heterocycles. The molecular weight excluding hydrogens is 1040 g/mol. The second kappa shape index (κ2) is 31.5. The second-order valence-electron chi connectivity index (χ2n) is 20.2. The van der Waals surface area contributed by atoms with Gasteiger partial charge in [0.2, 0.25) is 0 Å². The molecule has 0 saturated heterocycles. The lowest BCUT2D eigenvalue weighted by atomic mass is 9.99. The highest BCUT2D eigenvalue weighted by Gasteiger charge is 2.25. The van der Waals surface area contributed by atoms with Gasteiger partial charge in [0.15, 0.2) is 40.7 Å². The van der Waals surface area contributed by atoms with Crippen molar-refractivity contribution in [3.8, 4) is 0 Å². The Bertz CT molecular complexity index is 2720. The highest BCUT2D eigenvalue weighted by Crippen LogP contribution is 2.30. The van der Waals surface area contributed by atoms with Crippen molar-refractivity contribution in [1.29, 1.82) is 0 Å². The van der Waals surface area contributed by atoms with Crippen LogP contribution in [0.5, 0.6) is 0 Å². The number of hydrogen-bond acceptors (Lipinski definition) is 0. The first-order valence-electron chi connectivity index (χ1n) is 24.6. The van der Waals surface area contributed by atoms with Crippen LogP contribution in [0, 0.1) is 137 Å². The van der Waals surface area contributed by atoms with Gasteiger partial charge >= 0.3 is 0 Å². The van der Waals surface area contributed by atoms with Gasteiger partial charge < -0.3 is 0 Å². The number of hydrogen-bond donors (Lipinski definition) is 0. The van der Waals surface area contributed by atoms with Crippen LogP contribution in [0.1, 0.15) is 151 Å². The van der Waals surface area contributed by atoms with Crippen LogP contribution < -0.4 is 0 Å². The van der Waals surface area contributed by atoms with Crippen LogP contribution in [0.4, 0.5) is 74.6 Å². The van der Waals surface area contributed by atoms with Crippen molar-refractivity contribution in [1.82, 2.24) is 0 Å². The lowest BCUT2D eigenvalue weighted by molar-refractivity contribution is 0.415. The van der Waals surface area contributed by atoms with E-state index >= 15 is 0 Å². The number of benzene rings is 6. The average Bonchev–Trinajstić information content (AvgIpc) is 3.30. The van der Waals surface area contributed by atoms with Gasteiger partial charge in [-0.2, -0.15) is 0 Å². The Balaban J connectivity index is 0.000000463. The van der Waals surface area contributed by atoms with E-state index in [1.165, 1.54) is 62.4 Å². The van der Waals surface area contributed by atoms with E-state index in [2.05, 4.69) is 0 Å². The lowest BCUT2D eigenvalue weighted by Crippen LogP contribution is -2.08. The van der Waals surface area contributed by atoms with Crippen LogP contribution in [0.25, 0.3) is 0 Å². The monoisotopic (exact) mass is 1110 g/mol. The Kier molecular flexibility index (Phi) is 28.3. The minimum absolute atomic E-state index is 0.0220. The summed E-state index contributed by atoms with van der Waals surface area (Å²) >= 11 is 0. The molecule has 0 unspecified atom stereocenters. The normalized spacial score (nSPS) is 10.9. The SMILES string of the molecule is CC(C)Cc1c(F)cccc1F.CC(C)c1c(F)cc(F)cc1F.CC(C)c1c(F)cccc1F.Cc1c(F)c(F)c(CC(C)C)c(F)c1F.Cc1c(F)c(F)c(F)c(C(C)C)c1F.Cc1cc(F)c(CC(C)C)c(F)c1. The van der Waals surface area contributed by atoms with Gasteiger partial charge in [-0.15, -0.1) is 0 Å². The van der Waals surface area contributed by atoms with Gasteiger partial charge in [0.05, 0.1) is 0 Å². The summed E-state index contributed by atoms with van der Waals surface area (Å²) in [7, 11) is 0. The predicted octanol–water partition coefficient (Wildman–Crippen LogP) is 20.4. The second-order valence-corrected chi connectivity index (χ2v) is 20.2. The van der Waals surface area contributed by atoms with E-state index in [9.17, 15) is 74.6 Å². The van der Waals surface area contributed by atoms with Crippen molar-refractivity contribution in [3.63, 3.8) is 0 Å². The maximum Gasteiger partial charge on any atom is 0.195 e. The molecule has 77 heavy (non-hydrogen) atoms. The first kappa shape index (κ1) is 69.1. The van der Waals surface area contributed by atoms with Crippen molar-refractivity contribution >= 4 is 0 Å². The van der Waals surface area contributed by atoms with Gasteiger partial charge in [0.25, 0.3) is 0 Å². The fourth-order valence-corrected chi connectivity index (χ4v) is 7.29. The van der Waals surface area contributed by atoms with E-state index in [4.69, 9.17) is 0 Å². The summed E-state index contributed by atoms with van der Waals surface area (Å²) in [6.45, 7) is 24.8. The molecule has 6 aromatic carbocycles. The third-order valence-electron chi connectivity index (χ3n) is 11.1. The zero-order valence-corrected chi connectivity index (χ0v) is 45.8. The van der Waals surface area contributed by atoms with Crippen LogP contribution >= 0.6 is 0 Å². The summed E-state index contributed by atoms with van der Waals surface area (Å²) in [5, 5.41) is 0. The largest absolute Gasteiger partial charge is 0.207 e. The van der Waals surface area contributed by atoms with E-state index in [-0.39, 0.29) is 58.3 Å². The minimum atomic E-state index is -1.60. The summed E-state index contributed by atoms with van der Waals surface area (Å²) in [5.74, 6) is -16.2. The molecule has 0 aromatic heterocycles. The van der Waals surface area contributed by atoms with Crippen LogP contribution in [0.3, 0.4) is 0 Å². The first-order chi connectivity index (χ1) is 35.5. The Morgan fingerprint density at radius 2 is 0.584 bits per heavy atom. The molecule has 0 radical (unpaired) electrons. The zero-order chi connectivity index (χ0) is 59.7. The van der Waals surface area contributed by atoms with Crippen molar-refractivity contribution in [2.75, 3.05) is 0 Å². The van der Waals surface area contributed by atoms with E-state index in [1.807, 2.05) is 27.7 Å². The third kappa shape index (κ3) is 20.5. The Labute approximate surface area is 441 Å². The molecule has 426 valence electrons. The van der Waals surface area contributed by atoms with Crippen molar-refractivity contribution < 1.29 is 74.6 Å². The van der Waals surface area contributed by atoms with E-state index in [0.717, 1.165) is 13.8 Å². The van der Waals surface area contributed by atoms with E-state index < -0.39 is 127 Å². The average molecular weight is 1110 g/mol. The van der Waals surface area contributed by atoms with Crippen molar-refractivity contribution in [3.05, 3.63) is 210 Å². The summed E-state index contributed by atoms with van der Waals surface area (Å²) in [6.07, 6.45) is 0.891. The van der Waals surface area contributed by atoms with Crippen LogP contribution in [-0.2, 0) is 19.3 Å². The van der Waals surface area contributed by atoms with Gasteiger partial charge in [-0.25, -0.2) is 74.6 Å². The minimum Gasteiger partial charge on any atom is -0.207 e. The topological polar surface area (TPSA) is 0 Å². The summed E-state index contributed by atoms with van der Waals surface area (Å²) < 4.78 is 221. The molecule has 0 heterocycles. The van der Waals surface area contributed by atoms with Gasteiger partial charge in [0, 0.05) is 56.6 Å². The maximum absolute atomic E-state index is 13.3. The fourth-order valence-electron chi connectivity index (χ4n) is 7.29. The quantitative estimate of drug-likeness (QED) is 0.0769. The van der Waals surface area contributed by atoms with Gasteiger partial charge in [-0.05, 0) is 118 Å². The van der Waals surface area contributed by atoms with Crippen molar-refractivity contribution in [2.24, 2.45) is 17.8 Å². The Hall–Kier alpha value is -5.87. The molecule has 17 heteroatoms. The Morgan fingerprint density at radius 3 is 0.922 bits per heavy atom. The molecule has 0 aliphatic rings. The third-order valence-corrected chi connectivity index (χ3v) is 11.1. The molecule has 0 spiro atoms. The summed E-state index contributed by atoms with van der Waals surface area (Å²) in [4.78, 5) is 0. The lowest BCUT2D eigenvalue weighted by Gasteiger charge is -2.12. The molecule has 6 aromatic rings. The van der Waals surface area contributed by atoms with Crippen molar-refractivity contribution in [2.45, 2.75) is 141 Å². The molecule has 0 bridgehead atoms. The van der Waals surface area contributed by atoms with Crippen LogP contribution in [0.2, 0.25) is 0 Å². The first-order valence-corrected chi connectivity index (χ1v) is 24.6. The zero-order valence-electron chi connectivity index (χ0n) is 45.8. The number of rotatable bonds is 9. The smallest absolute Gasteiger partial charge is 0.195 e. The Morgan fingerprint density at radius 1 is 0.286 bits per heavy atom. The molecule has 0 atom stereocenters. The number of halogens is 17. The standard InChI is InChI=1S/C11H12F4.C11H14F2.C10H10F4.C10H12F2.C9H9F3.C9H10F2/c1-5(2)4-7-10(14)8(12)6(3)9(13)11(7)15;1-7(2)4-9-10(12)5-8(3)6-11(9)13;1-4(2)6-7(11)5(3)8(12)10(14)9(6)13;1-7(2)6-8-9(11)4-3-5-10(8)12;1-5(2)9-7(11)3-6(10)4-8(9)12;1-6(2)9-7(10)4-3-5-8(9)11/h5H,4H2,1-3H3;5-7H,4H2,1-3H3;4H,1-3H3;3-5,7H,6H2,1-2H3;3-5H,1-2H3;3-6H,1-2H3. The molecule has 0 saturated carbocycles. The highest BCUT2D eigenvalue weighted by molar-refractivity contribution is 5.32. The molecular formula is C60H67F17. The summed E-state index contributed by atoms with van der Waals surface area (Å²) in [6, 6.07) is 12.0. The summed E-state index contributed by atoms with van der Waals surface area (Å²) in [5.41, 5.74) is -0.850. The molecule has 0 fully saturated rings. The molecule has 0 amide bonds. The molecule has 6 rings (SSSR count). The maximum atomic E-state index is 13.3. The number of aryl methyl sites for hydroxylation is 1. The van der Waals surface area contributed by atoms with E-state index in [1.54, 1.807) is 48.5 Å². The van der Waals surface area contributed by atoms with E-state index in [0.29, 0.717) is 30.5 Å². The highest BCUT2D eigenvalue weighted by atomic mass is 19.2. The molecule has 0 N–H and O–H groups in total. The van der Waals surface area contributed by atoms with Crippen LogP contribution in [-0.4, -0.2) is 0 Å². The fraction of sp³-hybridized carbons (Fsp3) is 0.400. The predicted molar refractivity (Wildman–Crippen MR) is 270 cm³/mol.